The standard InChI is InChI=1S/C15H14IN5OS/c1-9-5-10(16)3-4-12(9)20-13(22)7-23-15-11-6-19-21(2)14(11)17-8-18-15/h3-6,8H,7H2,1-2H3,(H,20,22). The van der Waals surface area contributed by atoms with E-state index in [4.69, 9.17) is 0 Å². The van der Waals surface area contributed by atoms with Crippen molar-refractivity contribution >= 4 is 57.0 Å². The van der Waals surface area contributed by atoms with Crippen LogP contribution in [0.4, 0.5) is 5.69 Å². The van der Waals surface area contributed by atoms with E-state index in [-0.39, 0.29) is 11.7 Å². The van der Waals surface area contributed by atoms with Crippen molar-refractivity contribution in [1.82, 2.24) is 19.7 Å². The topological polar surface area (TPSA) is 72.7 Å². The van der Waals surface area contributed by atoms with Gasteiger partial charge in [0.15, 0.2) is 5.65 Å². The third-order valence-corrected chi connectivity index (χ3v) is 4.97. The number of carbonyl (C=O) groups excluding carboxylic acids is 1. The number of aryl methyl sites for hydroxylation is 2. The van der Waals surface area contributed by atoms with E-state index in [1.807, 2.05) is 32.2 Å². The number of rotatable bonds is 4. The van der Waals surface area contributed by atoms with Gasteiger partial charge < -0.3 is 5.32 Å². The first-order valence-corrected chi connectivity index (χ1v) is 8.92. The van der Waals surface area contributed by atoms with Crippen LogP contribution in [0.25, 0.3) is 11.0 Å². The van der Waals surface area contributed by atoms with Crippen LogP contribution < -0.4 is 5.32 Å². The number of nitrogens with zero attached hydrogens (tertiary/aromatic N) is 4. The fourth-order valence-electron chi connectivity index (χ4n) is 2.14. The summed E-state index contributed by atoms with van der Waals surface area (Å²) in [6, 6.07) is 5.93. The van der Waals surface area contributed by atoms with E-state index < -0.39 is 0 Å². The van der Waals surface area contributed by atoms with Crippen molar-refractivity contribution in [3.05, 3.63) is 39.9 Å². The second-order valence-electron chi connectivity index (χ2n) is 4.98. The van der Waals surface area contributed by atoms with Gasteiger partial charge in [0, 0.05) is 16.3 Å². The number of benzene rings is 1. The zero-order valence-electron chi connectivity index (χ0n) is 12.6. The number of hydrogen-bond donors (Lipinski definition) is 1. The average Bonchev–Trinajstić information content (AvgIpc) is 2.90. The molecule has 0 fully saturated rings. The first kappa shape index (κ1) is 16.2. The molecule has 0 spiro atoms. The Morgan fingerprint density at radius 1 is 1.39 bits per heavy atom. The molecule has 0 aliphatic carbocycles. The van der Waals surface area contributed by atoms with E-state index in [0.717, 1.165) is 30.9 Å². The van der Waals surface area contributed by atoms with Gasteiger partial charge in [0.05, 0.1) is 17.3 Å². The largest absolute Gasteiger partial charge is 0.325 e. The molecule has 118 valence electrons. The highest BCUT2D eigenvalue weighted by Crippen LogP contribution is 2.24. The Balaban J connectivity index is 1.68. The second kappa shape index (κ2) is 6.83. The lowest BCUT2D eigenvalue weighted by atomic mass is 10.2. The third kappa shape index (κ3) is 3.63. The lowest BCUT2D eigenvalue weighted by Crippen LogP contribution is -2.15. The number of hydrogen-bond acceptors (Lipinski definition) is 5. The first-order chi connectivity index (χ1) is 11.0. The number of anilines is 1. The highest BCUT2D eigenvalue weighted by atomic mass is 127. The van der Waals surface area contributed by atoms with Gasteiger partial charge in [-0.15, -0.1) is 0 Å². The summed E-state index contributed by atoms with van der Waals surface area (Å²) in [7, 11) is 1.83. The molecular weight excluding hydrogens is 425 g/mol. The van der Waals surface area contributed by atoms with E-state index >= 15 is 0 Å². The van der Waals surface area contributed by atoms with Crippen LogP contribution in [0.5, 0.6) is 0 Å². The van der Waals surface area contributed by atoms with Crippen LogP contribution in [0.15, 0.2) is 35.7 Å². The Labute approximate surface area is 151 Å². The van der Waals surface area contributed by atoms with Crippen LogP contribution in [0, 0.1) is 10.5 Å². The van der Waals surface area contributed by atoms with E-state index in [9.17, 15) is 4.79 Å². The fraction of sp³-hybridized carbons (Fsp3) is 0.200. The molecule has 3 aromatic rings. The molecule has 0 unspecified atom stereocenters. The van der Waals surface area contributed by atoms with Crippen molar-refractivity contribution in [3.8, 4) is 0 Å². The normalized spacial score (nSPS) is 10.9. The maximum absolute atomic E-state index is 12.2. The number of halogens is 1. The van der Waals surface area contributed by atoms with Crippen molar-refractivity contribution in [2.75, 3.05) is 11.1 Å². The quantitative estimate of drug-likeness (QED) is 0.385. The lowest BCUT2D eigenvalue weighted by Gasteiger charge is -2.08. The molecule has 2 heterocycles. The minimum Gasteiger partial charge on any atom is -0.325 e. The molecule has 0 radical (unpaired) electrons. The highest BCUT2D eigenvalue weighted by molar-refractivity contribution is 14.1. The summed E-state index contributed by atoms with van der Waals surface area (Å²) in [5.41, 5.74) is 2.65. The van der Waals surface area contributed by atoms with Gasteiger partial charge in [-0.2, -0.15) is 5.10 Å². The number of amides is 1. The molecule has 0 atom stereocenters. The Morgan fingerprint density at radius 2 is 2.22 bits per heavy atom. The molecule has 0 saturated heterocycles. The molecule has 3 rings (SSSR count). The van der Waals surface area contributed by atoms with Crippen molar-refractivity contribution in [3.63, 3.8) is 0 Å². The van der Waals surface area contributed by atoms with Crippen LogP contribution in [0.3, 0.4) is 0 Å². The summed E-state index contributed by atoms with van der Waals surface area (Å²) in [5, 5.41) is 8.73. The molecule has 0 aliphatic rings. The summed E-state index contributed by atoms with van der Waals surface area (Å²) in [6.07, 6.45) is 3.21. The molecule has 0 aliphatic heterocycles. The SMILES string of the molecule is Cc1cc(I)ccc1NC(=O)CSc1ncnc2c1cnn2C. The van der Waals surface area contributed by atoms with Gasteiger partial charge in [0.25, 0.3) is 0 Å². The summed E-state index contributed by atoms with van der Waals surface area (Å²) in [5.74, 6) is 0.224. The van der Waals surface area contributed by atoms with Gasteiger partial charge in [-0.1, -0.05) is 11.8 Å². The Kier molecular flexibility index (Phi) is 4.81. The summed E-state index contributed by atoms with van der Waals surface area (Å²) in [4.78, 5) is 20.6. The van der Waals surface area contributed by atoms with Gasteiger partial charge in [0.2, 0.25) is 5.91 Å². The van der Waals surface area contributed by atoms with Crippen LogP contribution in [0.2, 0.25) is 0 Å². The van der Waals surface area contributed by atoms with E-state index in [2.05, 4.69) is 43.0 Å². The molecule has 1 amide bonds. The molecular formula is C15H14IN5OS. The lowest BCUT2D eigenvalue weighted by molar-refractivity contribution is -0.113. The van der Waals surface area contributed by atoms with Gasteiger partial charge in [-0.25, -0.2) is 9.97 Å². The molecule has 1 aromatic carbocycles. The zero-order valence-corrected chi connectivity index (χ0v) is 15.6. The fourth-order valence-corrected chi connectivity index (χ4v) is 3.55. The van der Waals surface area contributed by atoms with E-state index in [1.165, 1.54) is 18.1 Å². The van der Waals surface area contributed by atoms with Crippen LogP contribution in [-0.4, -0.2) is 31.4 Å². The van der Waals surface area contributed by atoms with E-state index in [0.29, 0.717) is 0 Å². The van der Waals surface area contributed by atoms with Crippen molar-refractivity contribution < 1.29 is 4.79 Å². The Bertz CT molecular complexity index is 879. The maximum atomic E-state index is 12.2. The minimum atomic E-state index is -0.0602. The van der Waals surface area contributed by atoms with Crippen molar-refractivity contribution in [2.45, 2.75) is 11.9 Å². The van der Waals surface area contributed by atoms with Crippen LogP contribution in [0.1, 0.15) is 5.56 Å². The molecule has 6 nitrogen and oxygen atoms in total. The highest BCUT2D eigenvalue weighted by Gasteiger charge is 2.11. The minimum absolute atomic E-state index is 0.0602. The van der Waals surface area contributed by atoms with Gasteiger partial charge in [-0.3, -0.25) is 9.48 Å². The summed E-state index contributed by atoms with van der Waals surface area (Å²) >= 11 is 3.63. The van der Waals surface area contributed by atoms with Crippen molar-refractivity contribution in [2.24, 2.45) is 7.05 Å². The molecule has 2 aromatic heterocycles. The number of aromatic nitrogens is 4. The molecule has 1 N–H and O–H groups in total. The van der Waals surface area contributed by atoms with E-state index in [1.54, 1.807) is 10.9 Å². The first-order valence-electron chi connectivity index (χ1n) is 6.86. The Hall–Kier alpha value is -1.68. The molecule has 0 bridgehead atoms. The second-order valence-corrected chi connectivity index (χ2v) is 7.19. The summed E-state index contributed by atoms with van der Waals surface area (Å²) in [6.45, 7) is 1.98. The number of thioether (sulfide) groups is 1. The molecule has 23 heavy (non-hydrogen) atoms. The van der Waals surface area contributed by atoms with Crippen molar-refractivity contribution in [1.29, 1.82) is 0 Å². The monoisotopic (exact) mass is 439 g/mol. The van der Waals surface area contributed by atoms with Gasteiger partial charge in [0.1, 0.15) is 11.4 Å². The van der Waals surface area contributed by atoms with Crippen LogP contribution in [-0.2, 0) is 11.8 Å². The van der Waals surface area contributed by atoms with Gasteiger partial charge in [-0.05, 0) is 53.3 Å². The smallest absolute Gasteiger partial charge is 0.234 e. The zero-order chi connectivity index (χ0) is 16.4. The molecule has 0 saturated carbocycles. The third-order valence-electron chi connectivity index (χ3n) is 3.30. The van der Waals surface area contributed by atoms with Crippen LogP contribution >= 0.6 is 34.4 Å². The Morgan fingerprint density at radius 3 is 3.00 bits per heavy atom. The predicted octanol–water partition coefficient (Wildman–Crippen LogP) is 3.01. The number of carbonyl (C=O) groups is 1. The number of fused-ring (bicyclic) bond motifs is 1. The summed E-state index contributed by atoms with van der Waals surface area (Å²) < 4.78 is 2.84. The predicted molar refractivity (Wildman–Crippen MR) is 99.6 cm³/mol. The number of nitrogens with one attached hydrogen (secondary N) is 1. The maximum Gasteiger partial charge on any atom is 0.234 e. The van der Waals surface area contributed by atoms with Gasteiger partial charge >= 0.3 is 0 Å². The molecule has 8 heteroatoms. The average molecular weight is 439 g/mol.